The fourth-order valence-electron chi connectivity index (χ4n) is 1.51. The normalized spacial score (nSPS) is 11.3. The lowest BCUT2D eigenvalue weighted by molar-refractivity contribution is 0.281. The van der Waals surface area contributed by atoms with Crippen LogP contribution in [0.1, 0.15) is 5.56 Å². The second-order valence-electron chi connectivity index (χ2n) is 3.85. The molecule has 1 heterocycles. The van der Waals surface area contributed by atoms with Crippen LogP contribution in [0.15, 0.2) is 41.4 Å². The molecule has 0 atom stereocenters. The van der Waals surface area contributed by atoms with Crippen LogP contribution < -0.4 is 4.72 Å². The molecular weight excluding hydrogens is 323 g/mol. The number of aliphatic hydroxyl groups is 1. The number of pyridine rings is 1. The first-order chi connectivity index (χ1) is 9.44. The Morgan fingerprint density at radius 3 is 2.55 bits per heavy atom. The predicted molar refractivity (Wildman–Crippen MR) is 77.4 cm³/mol. The topological polar surface area (TPSA) is 79.3 Å². The summed E-state index contributed by atoms with van der Waals surface area (Å²) in [6, 6.07) is 7.33. The molecule has 0 radical (unpaired) electrons. The summed E-state index contributed by atoms with van der Waals surface area (Å²) in [5, 5.41) is 9.31. The van der Waals surface area contributed by atoms with E-state index in [0.717, 1.165) is 0 Å². The lowest BCUT2D eigenvalue weighted by atomic mass is 10.2. The van der Waals surface area contributed by atoms with Crippen LogP contribution in [0.5, 0.6) is 0 Å². The fourth-order valence-corrected chi connectivity index (χ4v) is 3.38. The first-order valence-corrected chi connectivity index (χ1v) is 7.70. The number of sulfonamides is 1. The van der Waals surface area contributed by atoms with Crippen LogP contribution in [-0.2, 0) is 16.6 Å². The van der Waals surface area contributed by atoms with E-state index in [9.17, 15) is 8.42 Å². The summed E-state index contributed by atoms with van der Waals surface area (Å²) < 4.78 is 26.8. The summed E-state index contributed by atoms with van der Waals surface area (Å²) in [6.45, 7) is -0.387. The Hall–Kier alpha value is -1.34. The standard InChI is InChI=1S/C12H10Cl2N2O3S/c13-9-6-10(14)11(5-8(9)7-17)20(18,19)16-12-3-1-2-4-15-12/h1-6,17H,7H2,(H,15,16). The van der Waals surface area contributed by atoms with E-state index in [0.29, 0.717) is 0 Å². The van der Waals surface area contributed by atoms with E-state index in [2.05, 4.69) is 9.71 Å². The molecule has 0 amide bonds. The van der Waals surface area contributed by atoms with Gasteiger partial charge in [0.25, 0.3) is 10.0 Å². The zero-order valence-electron chi connectivity index (χ0n) is 10.0. The Bertz CT molecular complexity index is 721. The third-order valence-corrected chi connectivity index (χ3v) is 4.64. The molecule has 2 rings (SSSR count). The molecule has 0 saturated heterocycles. The molecule has 0 aliphatic carbocycles. The van der Waals surface area contributed by atoms with E-state index < -0.39 is 10.0 Å². The number of aliphatic hydroxyl groups excluding tert-OH is 1. The highest BCUT2D eigenvalue weighted by molar-refractivity contribution is 7.92. The van der Waals surface area contributed by atoms with E-state index in [1.807, 2.05) is 0 Å². The molecule has 0 fully saturated rings. The zero-order valence-corrected chi connectivity index (χ0v) is 12.4. The Morgan fingerprint density at radius 2 is 1.95 bits per heavy atom. The van der Waals surface area contributed by atoms with Crippen molar-refractivity contribution < 1.29 is 13.5 Å². The highest BCUT2D eigenvalue weighted by atomic mass is 35.5. The molecule has 8 heteroatoms. The maximum absolute atomic E-state index is 12.2. The van der Waals surface area contributed by atoms with Gasteiger partial charge in [-0.3, -0.25) is 4.72 Å². The molecule has 0 bridgehead atoms. The first-order valence-electron chi connectivity index (χ1n) is 5.46. The van der Waals surface area contributed by atoms with Gasteiger partial charge in [-0.1, -0.05) is 29.3 Å². The molecular formula is C12H10Cl2N2O3S. The van der Waals surface area contributed by atoms with Crippen molar-refractivity contribution >= 4 is 39.0 Å². The SMILES string of the molecule is O=S(=O)(Nc1ccccn1)c1cc(CO)c(Cl)cc1Cl. The second-order valence-corrected chi connectivity index (χ2v) is 6.32. The average Bonchev–Trinajstić information content (AvgIpc) is 2.39. The van der Waals surface area contributed by atoms with Crippen molar-refractivity contribution in [2.45, 2.75) is 11.5 Å². The van der Waals surface area contributed by atoms with Crippen LogP contribution in [0.4, 0.5) is 5.82 Å². The van der Waals surface area contributed by atoms with Crippen molar-refractivity contribution in [1.29, 1.82) is 0 Å². The monoisotopic (exact) mass is 332 g/mol. The molecule has 0 aliphatic heterocycles. The third kappa shape index (κ3) is 3.21. The Balaban J connectivity index is 2.44. The largest absolute Gasteiger partial charge is 0.392 e. The summed E-state index contributed by atoms with van der Waals surface area (Å²) in [6.07, 6.45) is 1.46. The van der Waals surface area contributed by atoms with Gasteiger partial charge in [0.05, 0.1) is 11.6 Å². The Morgan fingerprint density at radius 1 is 1.20 bits per heavy atom. The number of aromatic nitrogens is 1. The number of anilines is 1. The number of hydrogen-bond donors (Lipinski definition) is 2. The van der Waals surface area contributed by atoms with E-state index in [1.54, 1.807) is 12.1 Å². The van der Waals surface area contributed by atoms with Gasteiger partial charge < -0.3 is 5.11 Å². The van der Waals surface area contributed by atoms with Gasteiger partial charge in [0, 0.05) is 11.2 Å². The summed E-state index contributed by atoms with van der Waals surface area (Å²) in [4.78, 5) is 3.70. The van der Waals surface area contributed by atoms with Crippen molar-refractivity contribution in [1.82, 2.24) is 4.98 Å². The highest BCUT2D eigenvalue weighted by Crippen LogP contribution is 2.29. The summed E-state index contributed by atoms with van der Waals surface area (Å²) >= 11 is 11.7. The molecule has 2 N–H and O–H groups in total. The van der Waals surface area contributed by atoms with Gasteiger partial charge >= 0.3 is 0 Å². The maximum Gasteiger partial charge on any atom is 0.264 e. The lowest BCUT2D eigenvalue weighted by Gasteiger charge is -2.11. The van der Waals surface area contributed by atoms with Crippen molar-refractivity contribution in [2.75, 3.05) is 4.72 Å². The summed E-state index contributed by atoms with van der Waals surface area (Å²) in [7, 11) is -3.91. The Labute approximate surface area is 126 Å². The molecule has 2 aromatic rings. The number of nitrogens with zero attached hydrogens (tertiary/aromatic N) is 1. The molecule has 0 saturated carbocycles. The number of rotatable bonds is 4. The number of halogens is 2. The molecule has 1 aromatic heterocycles. The van der Waals surface area contributed by atoms with E-state index >= 15 is 0 Å². The van der Waals surface area contributed by atoms with Crippen LogP contribution >= 0.6 is 23.2 Å². The minimum atomic E-state index is -3.91. The Kier molecular flexibility index (Phi) is 4.49. The second kappa shape index (κ2) is 5.97. The van der Waals surface area contributed by atoms with Gasteiger partial charge in [0.1, 0.15) is 10.7 Å². The van der Waals surface area contributed by atoms with E-state index in [1.165, 1.54) is 24.4 Å². The van der Waals surface area contributed by atoms with Gasteiger partial charge in [-0.2, -0.15) is 0 Å². The fraction of sp³-hybridized carbons (Fsp3) is 0.0833. The van der Waals surface area contributed by atoms with Crippen molar-refractivity contribution in [3.8, 4) is 0 Å². The predicted octanol–water partition coefficient (Wildman–Crippen LogP) is 2.68. The highest BCUT2D eigenvalue weighted by Gasteiger charge is 2.20. The quantitative estimate of drug-likeness (QED) is 0.902. The van der Waals surface area contributed by atoms with Crippen LogP contribution in [0.3, 0.4) is 0 Å². The van der Waals surface area contributed by atoms with Crippen molar-refractivity contribution in [3.05, 3.63) is 52.1 Å². The van der Waals surface area contributed by atoms with Gasteiger partial charge in [-0.15, -0.1) is 0 Å². The van der Waals surface area contributed by atoms with E-state index in [-0.39, 0.29) is 32.9 Å². The van der Waals surface area contributed by atoms with Gasteiger partial charge in [-0.25, -0.2) is 13.4 Å². The molecule has 0 spiro atoms. The smallest absolute Gasteiger partial charge is 0.264 e. The van der Waals surface area contributed by atoms with Crippen LogP contribution in [0.25, 0.3) is 0 Å². The average molecular weight is 333 g/mol. The molecule has 106 valence electrons. The molecule has 0 unspecified atom stereocenters. The van der Waals surface area contributed by atoms with E-state index in [4.69, 9.17) is 28.3 Å². The van der Waals surface area contributed by atoms with Crippen LogP contribution in [0.2, 0.25) is 10.0 Å². The van der Waals surface area contributed by atoms with Crippen molar-refractivity contribution in [3.63, 3.8) is 0 Å². The first kappa shape index (κ1) is 15.1. The summed E-state index contributed by atoms with van der Waals surface area (Å²) in [5.74, 6) is 0.170. The maximum atomic E-state index is 12.2. The molecule has 0 aliphatic rings. The lowest BCUT2D eigenvalue weighted by Crippen LogP contribution is -2.14. The van der Waals surface area contributed by atoms with Gasteiger partial charge in [0.2, 0.25) is 0 Å². The minimum absolute atomic E-state index is 0.0318. The molecule has 1 aromatic carbocycles. The number of nitrogens with one attached hydrogen (secondary N) is 1. The molecule has 20 heavy (non-hydrogen) atoms. The van der Waals surface area contributed by atoms with Gasteiger partial charge in [-0.05, 0) is 29.8 Å². The number of benzene rings is 1. The minimum Gasteiger partial charge on any atom is -0.392 e. The van der Waals surface area contributed by atoms with Crippen molar-refractivity contribution in [2.24, 2.45) is 0 Å². The number of hydrogen-bond acceptors (Lipinski definition) is 4. The van der Waals surface area contributed by atoms with Crippen LogP contribution in [0, 0.1) is 0 Å². The van der Waals surface area contributed by atoms with Crippen LogP contribution in [-0.4, -0.2) is 18.5 Å². The third-order valence-electron chi connectivity index (χ3n) is 2.46. The molecule has 5 nitrogen and oxygen atoms in total. The zero-order chi connectivity index (χ0) is 14.8. The van der Waals surface area contributed by atoms with Gasteiger partial charge in [0.15, 0.2) is 0 Å². The summed E-state index contributed by atoms with van der Waals surface area (Å²) in [5.41, 5.74) is 0.275.